The van der Waals surface area contributed by atoms with Crippen LogP contribution in [0.1, 0.15) is 127 Å². The van der Waals surface area contributed by atoms with Crippen molar-refractivity contribution in [2.45, 2.75) is 127 Å². The standard InChI is InChI=1S/C41H55N7O7/c1-24(2)32(45-38(51)52)36(49)48-21-7-9-30(48)35-44-31(23-55-35)41-17-14-40(15-18-41,16-19-41)27-12-10-26(11-13-27)28-22-42-34(43-28)29-8-6-20-47(29)37(50)33(25(3)4)46-39(53)54-5/h10-13,22-25,29-30,32-33,45H,6-9,14-21H2,1-5H3,(H,42,43)(H,46,53)(H,51,52)/t29?,30-,32-,33-,40?,41?/m0/s1. The molecule has 4 atom stereocenters. The van der Waals surface area contributed by atoms with Crippen LogP contribution in [0.5, 0.6) is 0 Å². The number of nitrogens with one attached hydrogen (secondary N) is 3. The van der Waals surface area contributed by atoms with Crippen LogP contribution in [0.15, 0.2) is 41.1 Å². The predicted octanol–water partition coefficient (Wildman–Crippen LogP) is 6.61. The lowest BCUT2D eigenvalue weighted by Crippen LogP contribution is -2.51. The van der Waals surface area contributed by atoms with Crippen molar-refractivity contribution in [3.8, 4) is 11.3 Å². The summed E-state index contributed by atoms with van der Waals surface area (Å²) in [6, 6.07) is 6.83. The van der Waals surface area contributed by atoms with Gasteiger partial charge in [-0.05, 0) is 87.0 Å². The van der Waals surface area contributed by atoms with Gasteiger partial charge in [0.1, 0.15) is 30.2 Å². The van der Waals surface area contributed by atoms with E-state index < -0.39 is 24.3 Å². The molecule has 5 fully saturated rings. The summed E-state index contributed by atoms with van der Waals surface area (Å²) in [6.07, 6.45) is 11.3. The molecule has 2 saturated heterocycles. The molecule has 8 rings (SSSR count). The van der Waals surface area contributed by atoms with E-state index in [4.69, 9.17) is 19.1 Å². The first-order valence-electron chi connectivity index (χ1n) is 19.9. The van der Waals surface area contributed by atoms with E-state index in [1.54, 1.807) is 11.2 Å². The molecule has 1 aromatic carbocycles. The van der Waals surface area contributed by atoms with Crippen molar-refractivity contribution in [2.75, 3.05) is 20.2 Å². The number of H-pyrrole nitrogens is 1. The second-order valence-corrected chi connectivity index (χ2v) is 16.8. The van der Waals surface area contributed by atoms with Gasteiger partial charge in [0, 0.05) is 30.3 Å². The van der Waals surface area contributed by atoms with Crippen LogP contribution in [-0.4, -0.2) is 86.1 Å². The monoisotopic (exact) mass is 757 g/mol. The van der Waals surface area contributed by atoms with Crippen LogP contribution < -0.4 is 10.6 Å². The Hall–Kier alpha value is -4.88. The van der Waals surface area contributed by atoms with Gasteiger partial charge in [-0.3, -0.25) is 9.59 Å². The molecule has 3 saturated carbocycles. The van der Waals surface area contributed by atoms with Gasteiger partial charge in [0.15, 0.2) is 0 Å². The number of benzene rings is 1. The Kier molecular flexibility index (Phi) is 10.7. The van der Waals surface area contributed by atoms with Gasteiger partial charge in [0.05, 0.1) is 24.5 Å². The zero-order valence-electron chi connectivity index (χ0n) is 32.6. The van der Waals surface area contributed by atoms with Crippen LogP contribution in [0.2, 0.25) is 0 Å². The number of carbonyl (C=O) groups excluding carboxylic acids is 3. The van der Waals surface area contributed by atoms with Crippen LogP contribution >= 0.6 is 0 Å². The molecule has 1 unspecified atom stereocenters. The second kappa shape index (κ2) is 15.3. The van der Waals surface area contributed by atoms with E-state index in [0.717, 1.165) is 87.0 Å². The lowest BCUT2D eigenvalue weighted by molar-refractivity contribution is -0.136. The van der Waals surface area contributed by atoms with Gasteiger partial charge in [-0.15, -0.1) is 0 Å². The van der Waals surface area contributed by atoms with Gasteiger partial charge in [-0.2, -0.15) is 0 Å². The Bertz CT molecular complexity index is 1860. The Morgan fingerprint density at radius 3 is 1.98 bits per heavy atom. The number of methoxy groups -OCH3 is 1. The number of fused-ring (bicyclic) bond motifs is 3. The molecule has 3 aromatic rings. The van der Waals surface area contributed by atoms with E-state index in [2.05, 4.69) is 39.9 Å². The summed E-state index contributed by atoms with van der Waals surface area (Å²) in [7, 11) is 1.30. The maximum absolute atomic E-state index is 13.6. The topological polar surface area (TPSA) is 183 Å². The summed E-state index contributed by atoms with van der Waals surface area (Å²) in [5.74, 6) is 0.664. The maximum Gasteiger partial charge on any atom is 0.407 e. The zero-order valence-corrected chi connectivity index (χ0v) is 32.6. The van der Waals surface area contributed by atoms with Crippen molar-refractivity contribution in [3.63, 3.8) is 0 Å². The highest BCUT2D eigenvalue weighted by molar-refractivity contribution is 5.87. The number of carboxylic acid groups (broad SMARTS) is 1. The van der Waals surface area contributed by atoms with Crippen molar-refractivity contribution in [2.24, 2.45) is 11.8 Å². The predicted molar refractivity (Wildman–Crippen MR) is 203 cm³/mol. The molecule has 296 valence electrons. The molecule has 2 bridgehead atoms. The molecule has 2 aliphatic heterocycles. The number of aromatic nitrogens is 3. The van der Waals surface area contributed by atoms with E-state index >= 15 is 0 Å². The van der Waals surface area contributed by atoms with Crippen LogP contribution in [0.3, 0.4) is 0 Å². The molecule has 55 heavy (non-hydrogen) atoms. The molecule has 14 nitrogen and oxygen atoms in total. The van der Waals surface area contributed by atoms with Gasteiger partial charge >= 0.3 is 12.2 Å². The van der Waals surface area contributed by atoms with E-state index in [1.807, 2.05) is 38.8 Å². The van der Waals surface area contributed by atoms with E-state index in [-0.39, 0.29) is 46.6 Å². The van der Waals surface area contributed by atoms with Crippen molar-refractivity contribution in [1.82, 2.24) is 35.4 Å². The van der Waals surface area contributed by atoms with Gasteiger partial charge in [0.2, 0.25) is 17.7 Å². The Balaban J connectivity index is 0.997. The highest BCUT2D eigenvalue weighted by Gasteiger charge is 2.52. The van der Waals surface area contributed by atoms with Crippen molar-refractivity contribution >= 4 is 24.0 Å². The zero-order chi connectivity index (χ0) is 39.1. The Morgan fingerprint density at radius 1 is 0.836 bits per heavy atom. The molecule has 0 radical (unpaired) electrons. The van der Waals surface area contributed by atoms with Crippen molar-refractivity contribution < 1.29 is 33.4 Å². The number of amides is 4. The number of hydrogen-bond acceptors (Lipinski definition) is 8. The number of likely N-dealkylation sites (tertiary alicyclic amines) is 2. The van der Waals surface area contributed by atoms with Crippen LogP contribution in [-0.2, 0) is 25.2 Å². The van der Waals surface area contributed by atoms with Gasteiger partial charge in [-0.1, -0.05) is 52.0 Å². The SMILES string of the molecule is COC(=O)N[C@H](C(=O)N1CCCC1c1nc(-c2ccc(C34CCC(c5coc([C@@H]6CCCN6C(=O)[C@@H](NC(=O)O)C(C)C)n5)(CC3)CC4)cc2)c[nH]1)C(C)C. The minimum Gasteiger partial charge on any atom is -0.465 e. The first-order valence-corrected chi connectivity index (χ1v) is 19.9. The largest absolute Gasteiger partial charge is 0.465 e. The molecule has 4 amide bonds. The second-order valence-electron chi connectivity index (χ2n) is 16.8. The minimum absolute atomic E-state index is 0.0479. The Labute approximate surface area is 322 Å². The van der Waals surface area contributed by atoms with Gasteiger partial charge < -0.3 is 39.7 Å². The number of aromatic amines is 1. The molecule has 5 aliphatic rings. The maximum atomic E-state index is 13.6. The third kappa shape index (κ3) is 7.31. The molecule has 0 spiro atoms. The number of rotatable bonds is 11. The highest BCUT2D eigenvalue weighted by Crippen LogP contribution is 2.58. The summed E-state index contributed by atoms with van der Waals surface area (Å²) in [5.41, 5.74) is 4.23. The molecule has 4 heterocycles. The molecular weight excluding hydrogens is 702 g/mol. The lowest BCUT2D eigenvalue weighted by atomic mass is 9.51. The lowest BCUT2D eigenvalue weighted by Gasteiger charge is -2.53. The quantitative estimate of drug-likeness (QED) is 0.167. The molecule has 14 heteroatoms. The third-order valence-electron chi connectivity index (χ3n) is 13.0. The molecule has 2 aromatic heterocycles. The molecular formula is C41H55N7O7. The van der Waals surface area contributed by atoms with E-state index in [0.29, 0.717) is 19.0 Å². The number of ether oxygens (including phenoxy) is 1. The van der Waals surface area contributed by atoms with Crippen LogP contribution in [0.25, 0.3) is 11.3 Å². The molecule has 4 N–H and O–H groups in total. The number of oxazole rings is 1. The Morgan fingerprint density at radius 2 is 1.40 bits per heavy atom. The van der Waals surface area contributed by atoms with Crippen LogP contribution in [0.4, 0.5) is 9.59 Å². The summed E-state index contributed by atoms with van der Waals surface area (Å²) in [5, 5.41) is 14.4. The fraction of sp³-hybridized carbons (Fsp3) is 0.610. The van der Waals surface area contributed by atoms with Crippen molar-refractivity contribution in [3.05, 3.63) is 59.7 Å². The third-order valence-corrected chi connectivity index (χ3v) is 13.0. The number of imidazole rings is 1. The number of carbonyl (C=O) groups is 4. The fourth-order valence-electron chi connectivity index (χ4n) is 9.64. The summed E-state index contributed by atoms with van der Waals surface area (Å²) in [6.45, 7) is 8.66. The van der Waals surface area contributed by atoms with Crippen LogP contribution in [0, 0.1) is 11.8 Å². The van der Waals surface area contributed by atoms with Gasteiger partial charge in [0.25, 0.3) is 0 Å². The van der Waals surface area contributed by atoms with E-state index in [9.17, 15) is 24.3 Å². The minimum atomic E-state index is -1.20. The first-order chi connectivity index (χ1) is 26.3. The fourth-order valence-corrected chi connectivity index (χ4v) is 9.64. The summed E-state index contributed by atoms with van der Waals surface area (Å²) >= 11 is 0. The van der Waals surface area contributed by atoms with Crippen molar-refractivity contribution in [1.29, 1.82) is 0 Å². The number of hydrogen-bond donors (Lipinski definition) is 4. The summed E-state index contributed by atoms with van der Waals surface area (Å²) < 4.78 is 10.9. The number of alkyl carbamates (subject to hydrolysis) is 1. The average Bonchev–Trinajstić information content (AvgIpc) is 4.03. The summed E-state index contributed by atoms with van der Waals surface area (Å²) in [4.78, 5) is 67.3. The normalized spacial score (nSPS) is 26.0. The molecule has 3 aliphatic carbocycles. The highest BCUT2D eigenvalue weighted by atomic mass is 16.5. The number of nitrogens with zero attached hydrogens (tertiary/aromatic N) is 4. The average molecular weight is 758 g/mol. The smallest absolute Gasteiger partial charge is 0.407 e. The first kappa shape index (κ1) is 38.4. The van der Waals surface area contributed by atoms with Gasteiger partial charge in [-0.25, -0.2) is 19.6 Å². The van der Waals surface area contributed by atoms with E-state index in [1.165, 1.54) is 12.7 Å².